The molecule has 1 saturated heterocycles. The number of aromatic nitrogens is 1. The van der Waals surface area contributed by atoms with Gasteiger partial charge in [0.15, 0.2) is 0 Å². The lowest BCUT2D eigenvalue weighted by molar-refractivity contribution is -0.139. The molecule has 7 heteroatoms. The molecule has 0 saturated carbocycles. The van der Waals surface area contributed by atoms with Gasteiger partial charge in [0.2, 0.25) is 11.8 Å². The molecule has 1 aromatic rings. The van der Waals surface area contributed by atoms with Gasteiger partial charge in [-0.15, -0.1) is 0 Å². The molecule has 23 heavy (non-hydrogen) atoms. The molecule has 7 nitrogen and oxygen atoms in total. The molecular formula is C16H24N4O3. The molecule has 0 aliphatic carbocycles. The lowest BCUT2D eigenvalue weighted by Gasteiger charge is -2.32. The van der Waals surface area contributed by atoms with Crippen molar-refractivity contribution >= 4 is 11.8 Å². The molecule has 1 unspecified atom stereocenters. The average molecular weight is 320 g/mol. The predicted octanol–water partition coefficient (Wildman–Crippen LogP) is -0.0752. The summed E-state index contributed by atoms with van der Waals surface area (Å²) in [4.78, 5) is 29.5. The molecule has 1 atom stereocenters. The Hall–Kier alpha value is -1.99. The molecular weight excluding hydrogens is 296 g/mol. The first-order valence-corrected chi connectivity index (χ1v) is 7.87. The van der Waals surface area contributed by atoms with Crippen molar-refractivity contribution in [1.29, 1.82) is 0 Å². The summed E-state index contributed by atoms with van der Waals surface area (Å²) in [7, 11) is 1.90. The van der Waals surface area contributed by atoms with Gasteiger partial charge in [-0.1, -0.05) is 6.07 Å². The van der Waals surface area contributed by atoms with Crippen LogP contribution in [0.1, 0.15) is 18.4 Å². The first kappa shape index (κ1) is 17.4. The Morgan fingerprint density at radius 3 is 3.04 bits per heavy atom. The molecule has 1 fully saturated rings. The Balaban J connectivity index is 1.62. The fourth-order valence-corrected chi connectivity index (χ4v) is 2.52. The van der Waals surface area contributed by atoms with Crippen LogP contribution in [0.5, 0.6) is 0 Å². The Bertz CT molecular complexity index is 509. The van der Waals surface area contributed by atoms with Crippen molar-refractivity contribution in [3.63, 3.8) is 0 Å². The van der Waals surface area contributed by atoms with Crippen LogP contribution in [0.4, 0.5) is 0 Å². The van der Waals surface area contributed by atoms with Crippen LogP contribution in [0.15, 0.2) is 24.5 Å². The van der Waals surface area contributed by atoms with E-state index in [1.807, 2.05) is 19.2 Å². The summed E-state index contributed by atoms with van der Waals surface area (Å²) >= 11 is 0. The number of carbonyl (C=O) groups excluding carboxylic acids is 2. The Labute approximate surface area is 136 Å². The summed E-state index contributed by atoms with van der Waals surface area (Å²) in [6.45, 7) is 1.69. The number of hydrogen-bond acceptors (Lipinski definition) is 5. The third-order valence-corrected chi connectivity index (χ3v) is 3.85. The molecule has 126 valence electrons. The number of rotatable bonds is 7. The van der Waals surface area contributed by atoms with E-state index >= 15 is 0 Å². The Morgan fingerprint density at radius 2 is 2.30 bits per heavy atom. The van der Waals surface area contributed by atoms with Gasteiger partial charge >= 0.3 is 0 Å². The van der Waals surface area contributed by atoms with Crippen LogP contribution in [-0.4, -0.2) is 61.1 Å². The zero-order chi connectivity index (χ0) is 16.5. The standard InChI is InChI=1S/C16H24N4O3/c1-17-14-5-3-7-20(10-14)16(22)12-23-11-15(21)19-9-13-4-2-6-18-8-13/h2,4,6,8,14,17H,3,5,7,9-12H2,1H3,(H,19,21). The number of carbonyl (C=O) groups is 2. The van der Waals surface area contributed by atoms with E-state index in [1.165, 1.54) is 0 Å². The monoisotopic (exact) mass is 320 g/mol. The second-order valence-electron chi connectivity index (χ2n) is 5.60. The maximum atomic E-state index is 12.1. The number of nitrogens with zero attached hydrogens (tertiary/aromatic N) is 2. The van der Waals surface area contributed by atoms with E-state index in [0.29, 0.717) is 19.1 Å². The van der Waals surface area contributed by atoms with E-state index in [0.717, 1.165) is 24.9 Å². The summed E-state index contributed by atoms with van der Waals surface area (Å²) in [5, 5.41) is 5.92. The molecule has 0 bridgehead atoms. The van der Waals surface area contributed by atoms with Gasteiger partial charge in [-0.3, -0.25) is 14.6 Å². The SMILES string of the molecule is CNC1CCCN(C(=O)COCC(=O)NCc2cccnc2)C1. The van der Waals surface area contributed by atoms with Crippen molar-refractivity contribution in [2.45, 2.75) is 25.4 Å². The molecule has 2 heterocycles. The predicted molar refractivity (Wildman–Crippen MR) is 85.6 cm³/mol. The van der Waals surface area contributed by atoms with Crippen LogP contribution in [0, 0.1) is 0 Å². The van der Waals surface area contributed by atoms with E-state index in [2.05, 4.69) is 15.6 Å². The second kappa shape index (κ2) is 9.22. The Morgan fingerprint density at radius 1 is 1.43 bits per heavy atom. The lowest BCUT2D eigenvalue weighted by Crippen LogP contribution is -2.48. The van der Waals surface area contributed by atoms with Crippen molar-refractivity contribution in [3.8, 4) is 0 Å². The third-order valence-electron chi connectivity index (χ3n) is 3.85. The first-order chi connectivity index (χ1) is 11.2. The fraction of sp³-hybridized carbons (Fsp3) is 0.562. The van der Waals surface area contributed by atoms with Gasteiger partial charge in [0.1, 0.15) is 13.2 Å². The molecule has 1 aromatic heterocycles. The van der Waals surface area contributed by atoms with Crippen molar-refractivity contribution in [1.82, 2.24) is 20.5 Å². The molecule has 2 N–H and O–H groups in total. The van der Waals surface area contributed by atoms with Gasteiger partial charge < -0.3 is 20.3 Å². The molecule has 1 aliphatic rings. The molecule has 2 rings (SSSR count). The summed E-state index contributed by atoms with van der Waals surface area (Å²) in [5.74, 6) is -0.307. The van der Waals surface area contributed by atoms with Crippen LogP contribution in [0.25, 0.3) is 0 Å². The number of pyridine rings is 1. The molecule has 0 spiro atoms. The van der Waals surface area contributed by atoms with Gasteiger partial charge in [0, 0.05) is 38.1 Å². The van der Waals surface area contributed by atoms with Gasteiger partial charge in [-0.25, -0.2) is 0 Å². The zero-order valence-corrected chi connectivity index (χ0v) is 13.5. The average Bonchev–Trinajstić information content (AvgIpc) is 2.60. The second-order valence-corrected chi connectivity index (χ2v) is 5.60. The van der Waals surface area contributed by atoms with Crippen molar-refractivity contribution < 1.29 is 14.3 Å². The van der Waals surface area contributed by atoms with E-state index in [9.17, 15) is 9.59 Å². The van der Waals surface area contributed by atoms with Gasteiger partial charge in [0.25, 0.3) is 0 Å². The number of ether oxygens (including phenoxy) is 1. The van der Waals surface area contributed by atoms with E-state index in [4.69, 9.17) is 4.74 Å². The zero-order valence-electron chi connectivity index (χ0n) is 13.5. The maximum Gasteiger partial charge on any atom is 0.248 e. The minimum Gasteiger partial charge on any atom is -0.362 e. The minimum atomic E-state index is -0.242. The summed E-state index contributed by atoms with van der Waals surface area (Å²) in [6.07, 6.45) is 5.44. The van der Waals surface area contributed by atoms with E-state index in [-0.39, 0.29) is 25.0 Å². The van der Waals surface area contributed by atoms with Crippen LogP contribution in [0.3, 0.4) is 0 Å². The van der Waals surface area contributed by atoms with Crippen molar-refractivity contribution in [2.75, 3.05) is 33.4 Å². The quantitative estimate of drug-likeness (QED) is 0.734. The maximum absolute atomic E-state index is 12.1. The topological polar surface area (TPSA) is 83.6 Å². The van der Waals surface area contributed by atoms with Crippen molar-refractivity contribution in [3.05, 3.63) is 30.1 Å². The number of nitrogens with one attached hydrogen (secondary N) is 2. The highest BCUT2D eigenvalue weighted by Gasteiger charge is 2.22. The minimum absolute atomic E-state index is 0.0588. The number of piperidine rings is 1. The van der Waals surface area contributed by atoms with E-state index < -0.39 is 0 Å². The lowest BCUT2D eigenvalue weighted by atomic mass is 10.1. The Kier molecular flexibility index (Phi) is 6.96. The summed E-state index contributed by atoms with van der Waals surface area (Å²) in [6, 6.07) is 4.04. The third kappa shape index (κ3) is 5.96. The van der Waals surface area contributed by atoms with Gasteiger partial charge in [-0.2, -0.15) is 0 Å². The first-order valence-electron chi connectivity index (χ1n) is 7.87. The van der Waals surface area contributed by atoms with Crippen LogP contribution >= 0.6 is 0 Å². The summed E-state index contributed by atoms with van der Waals surface area (Å²) in [5.41, 5.74) is 0.920. The van der Waals surface area contributed by atoms with Gasteiger partial charge in [0.05, 0.1) is 0 Å². The number of hydrogen-bond donors (Lipinski definition) is 2. The normalized spacial score (nSPS) is 17.8. The molecule has 0 aromatic carbocycles. The molecule has 1 aliphatic heterocycles. The summed E-state index contributed by atoms with van der Waals surface area (Å²) < 4.78 is 5.23. The largest absolute Gasteiger partial charge is 0.362 e. The smallest absolute Gasteiger partial charge is 0.248 e. The number of likely N-dealkylation sites (tertiary alicyclic amines) is 1. The number of likely N-dealkylation sites (N-methyl/N-ethyl adjacent to an activating group) is 1. The number of amides is 2. The molecule has 2 amide bonds. The van der Waals surface area contributed by atoms with Crippen LogP contribution < -0.4 is 10.6 Å². The van der Waals surface area contributed by atoms with Gasteiger partial charge in [-0.05, 0) is 31.5 Å². The highest BCUT2D eigenvalue weighted by atomic mass is 16.5. The van der Waals surface area contributed by atoms with Crippen molar-refractivity contribution in [2.24, 2.45) is 0 Å². The highest BCUT2D eigenvalue weighted by molar-refractivity contribution is 5.79. The highest BCUT2D eigenvalue weighted by Crippen LogP contribution is 2.09. The molecule has 0 radical (unpaired) electrons. The van der Waals surface area contributed by atoms with Crippen LogP contribution in [-0.2, 0) is 20.9 Å². The van der Waals surface area contributed by atoms with Crippen LogP contribution in [0.2, 0.25) is 0 Å². The fourth-order valence-electron chi connectivity index (χ4n) is 2.52. The van der Waals surface area contributed by atoms with E-state index in [1.54, 1.807) is 17.3 Å².